The van der Waals surface area contributed by atoms with Gasteiger partial charge in [-0.25, -0.2) is 4.79 Å². The summed E-state index contributed by atoms with van der Waals surface area (Å²) in [5, 5.41) is 34.1. The van der Waals surface area contributed by atoms with Gasteiger partial charge >= 0.3 is 12.1 Å². The van der Waals surface area contributed by atoms with Crippen molar-refractivity contribution in [2.45, 2.75) is 168 Å². The van der Waals surface area contributed by atoms with Crippen LogP contribution in [0.15, 0.2) is 47.1 Å². The van der Waals surface area contributed by atoms with Gasteiger partial charge in [-0.2, -0.15) is 0 Å². The third kappa shape index (κ3) is 8.61. The van der Waals surface area contributed by atoms with Gasteiger partial charge < -0.3 is 40.2 Å². The molecule has 8 aliphatic carbocycles. The molecular weight excluding hydrogens is 869 g/mol. The van der Waals surface area contributed by atoms with Crippen LogP contribution in [-0.4, -0.2) is 90.5 Å². The second kappa shape index (κ2) is 19.4. The minimum absolute atomic E-state index is 0.0468. The van der Waals surface area contributed by atoms with Gasteiger partial charge in [-0.05, 0) is 171 Å². The molecule has 11 nitrogen and oxygen atoms in total. The lowest BCUT2D eigenvalue weighted by Crippen LogP contribution is -2.63. The van der Waals surface area contributed by atoms with Crippen molar-refractivity contribution >= 4 is 23.6 Å². The molecule has 378 valence electrons. The molecule has 0 radical (unpaired) electrons. The highest BCUT2D eigenvalue weighted by molar-refractivity contribution is 5.84. The van der Waals surface area contributed by atoms with Crippen molar-refractivity contribution in [3.8, 4) is 11.8 Å². The van der Waals surface area contributed by atoms with Crippen LogP contribution in [0.3, 0.4) is 0 Å². The predicted molar refractivity (Wildman–Crippen MR) is 266 cm³/mol. The van der Waals surface area contributed by atoms with E-state index in [9.17, 15) is 29.7 Å². The highest BCUT2D eigenvalue weighted by Gasteiger charge is 2.68. The van der Waals surface area contributed by atoms with Gasteiger partial charge in [-0.15, -0.1) is 5.92 Å². The smallest absolute Gasteiger partial charge is 0.481 e. The SMILES string of the molecule is CC#C[C@]1(O)[C@H](C)CC2C3CC=C4CC(=O)CCC4=C3[C@@H](c3ccc(N(C)CCO[C@H]4CC[C@@]5(C)[C@@H](C4)C[C@@H](OC(=O)OCCN)[C@@H]4[C@@H]5C[C@H](O)[C@]5(C)C([C@H](C)CCC(=O)O)CC[C@@H]45)cc3)C[C@@]21C. The summed E-state index contributed by atoms with van der Waals surface area (Å²) in [6.45, 7) is 14.7. The van der Waals surface area contributed by atoms with Gasteiger partial charge in [0.05, 0.1) is 18.8 Å². The van der Waals surface area contributed by atoms with E-state index in [2.05, 4.69) is 88.7 Å². The maximum absolute atomic E-state index is 13.2. The summed E-state index contributed by atoms with van der Waals surface area (Å²) in [5.74, 6) is 7.87. The normalized spacial score (nSPS) is 41.4. The Morgan fingerprint density at radius 3 is 2.49 bits per heavy atom. The lowest BCUT2D eigenvalue weighted by atomic mass is 9.43. The van der Waals surface area contributed by atoms with Crippen molar-refractivity contribution in [3.05, 3.63) is 52.6 Å². The van der Waals surface area contributed by atoms with Gasteiger partial charge in [-0.3, -0.25) is 9.59 Å². The first-order chi connectivity index (χ1) is 32.9. The van der Waals surface area contributed by atoms with Gasteiger partial charge in [-0.1, -0.05) is 64.3 Å². The number of likely N-dealkylation sites (N-methyl/N-ethyl adjacent to an activating group) is 1. The summed E-state index contributed by atoms with van der Waals surface area (Å²) in [6, 6.07) is 9.05. The number of benzene rings is 1. The Balaban J connectivity index is 0.876. The molecule has 0 heterocycles. The lowest BCUT2D eigenvalue weighted by Gasteiger charge is -2.64. The third-order valence-corrected chi connectivity index (χ3v) is 21.0. The number of Topliss-reactive ketones (excluding diaryl/α,β-unsaturated/α-hetero) is 1. The van der Waals surface area contributed by atoms with Crippen LogP contribution in [0.1, 0.15) is 149 Å². The van der Waals surface area contributed by atoms with Crippen molar-refractivity contribution in [2.75, 3.05) is 38.3 Å². The molecule has 0 spiro atoms. The first-order valence-electron chi connectivity index (χ1n) is 26.8. The molecule has 0 aliphatic heterocycles. The van der Waals surface area contributed by atoms with Gasteiger partial charge in [0.2, 0.25) is 0 Å². The summed E-state index contributed by atoms with van der Waals surface area (Å²) in [7, 11) is 2.12. The Hall–Kier alpha value is -3.69. The van der Waals surface area contributed by atoms with Gasteiger partial charge in [0.25, 0.3) is 0 Å². The Kier molecular flexibility index (Phi) is 14.1. The standard InChI is InChI=1S/C58H82N2O9/c1-8-22-58(66)35(3)28-47-43-16-12-37-29-40(61)15-17-42(37)52(43)44(33-56(47,58)5)36-10-13-39(14-11-36)60(7)25-27-67-41-21-23-55(4)38(30-41)31-49(69-54(65)68-26-24-59)53-46-19-18-45(34(2)9-20-51(63)64)57(46,6)50(62)32-48(53)55/h10-14,34-35,38,41,43-50,53,62,66H,9,15-21,23-33,59H2,1-7H3,(H,63,64)/t34-,35-,38+,41+,43?,44-,45?,46+,47?,48+,49-,50+,53+,55+,56+,57-,58+/m1/s1. The molecule has 0 bridgehead atoms. The molecule has 0 amide bonds. The van der Waals surface area contributed by atoms with E-state index in [-0.39, 0.29) is 90.0 Å². The molecule has 8 aliphatic rings. The van der Waals surface area contributed by atoms with Crippen LogP contribution < -0.4 is 10.6 Å². The Morgan fingerprint density at radius 2 is 1.77 bits per heavy atom. The third-order valence-electron chi connectivity index (χ3n) is 21.0. The van der Waals surface area contributed by atoms with Crippen LogP contribution in [0.2, 0.25) is 0 Å². The lowest BCUT2D eigenvalue weighted by molar-refractivity contribution is -0.211. The van der Waals surface area contributed by atoms with Crippen molar-refractivity contribution in [3.63, 3.8) is 0 Å². The fourth-order valence-electron chi connectivity index (χ4n) is 17.4. The van der Waals surface area contributed by atoms with E-state index in [0.29, 0.717) is 49.9 Å². The number of anilines is 1. The molecule has 17 atom stereocenters. The molecule has 11 heteroatoms. The number of nitrogens with two attached hydrogens (primary N) is 1. The second-order valence-electron chi connectivity index (χ2n) is 24.0. The number of aliphatic carboxylic acids is 1. The molecule has 7 fully saturated rings. The monoisotopic (exact) mass is 951 g/mol. The second-order valence-corrected chi connectivity index (χ2v) is 24.0. The number of carbonyl (C=O) groups excluding carboxylic acids is 2. The Labute approximate surface area is 411 Å². The number of ether oxygens (including phenoxy) is 3. The number of ketones is 1. The maximum Gasteiger partial charge on any atom is 0.508 e. The Bertz CT molecular complexity index is 2250. The topological polar surface area (TPSA) is 169 Å². The van der Waals surface area contributed by atoms with E-state index in [1.54, 1.807) is 0 Å². The summed E-state index contributed by atoms with van der Waals surface area (Å²) >= 11 is 0. The number of hydrogen-bond acceptors (Lipinski definition) is 10. The van der Waals surface area contributed by atoms with Crippen molar-refractivity contribution in [2.24, 2.45) is 75.2 Å². The predicted octanol–water partition coefficient (Wildman–Crippen LogP) is 9.63. The van der Waals surface area contributed by atoms with Crippen LogP contribution in [0, 0.1) is 81.3 Å². The zero-order valence-electron chi connectivity index (χ0n) is 42.6. The number of nitrogens with zero attached hydrogens (tertiary/aromatic N) is 1. The van der Waals surface area contributed by atoms with Gasteiger partial charge in [0.1, 0.15) is 24.1 Å². The number of carboxylic acids is 1. The first-order valence-corrected chi connectivity index (χ1v) is 26.8. The summed E-state index contributed by atoms with van der Waals surface area (Å²) in [6.07, 6.45) is 12.3. The number of hydrogen-bond donors (Lipinski definition) is 4. The maximum atomic E-state index is 13.2. The zero-order chi connectivity index (χ0) is 49.2. The zero-order valence-corrected chi connectivity index (χ0v) is 42.6. The van der Waals surface area contributed by atoms with Crippen LogP contribution in [-0.2, 0) is 23.8 Å². The van der Waals surface area contributed by atoms with E-state index in [1.807, 2.05) is 6.92 Å². The van der Waals surface area contributed by atoms with E-state index >= 15 is 0 Å². The van der Waals surface area contributed by atoms with E-state index < -0.39 is 29.2 Å². The molecule has 1 aromatic rings. The number of fused-ring (bicyclic) bond motifs is 9. The first kappa shape index (κ1) is 50.3. The summed E-state index contributed by atoms with van der Waals surface area (Å²) in [5.41, 5.74) is 10.4. The number of aliphatic hydroxyl groups is 2. The minimum atomic E-state index is -1.05. The van der Waals surface area contributed by atoms with E-state index in [1.165, 1.54) is 22.3 Å². The molecule has 0 saturated heterocycles. The fourth-order valence-corrected chi connectivity index (χ4v) is 17.4. The number of carbonyl (C=O) groups is 3. The average molecular weight is 951 g/mol. The summed E-state index contributed by atoms with van der Waals surface area (Å²) < 4.78 is 18.5. The van der Waals surface area contributed by atoms with Crippen LogP contribution in [0.25, 0.3) is 0 Å². The molecule has 1 aromatic carbocycles. The molecule has 5 N–H and O–H groups in total. The largest absolute Gasteiger partial charge is 0.508 e. The number of aliphatic hydroxyl groups excluding tert-OH is 1. The van der Waals surface area contributed by atoms with Gasteiger partial charge in [0, 0.05) is 62.3 Å². The van der Waals surface area contributed by atoms with Crippen molar-refractivity contribution in [1.29, 1.82) is 0 Å². The van der Waals surface area contributed by atoms with Crippen molar-refractivity contribution in [1.82, 2.24) is 0 Å². The number of allylic oxidation sites excluding steroid dienone is 4. The highest BCUT2D eigenvalue weighted by atomic mass is 16.7. The molecule has 0 aromatic heterocycles. The van der Waals surface area contributed by atoms with E-state index in [4.69, 9.17) is 19.9 Å². The Morgan fingerprint density at radius 1 is 1.00 bits per heavy atom. The number of carboxylic acid groups (broad SMARTS) is 1. The van der Waals surface area contributed by atoms with Crippen LogP contribution >= 0.6 is 0 Å². The van der Waals surface area contributed by atoms with Gasteiger partial charge in [0.15, 0.2) is 0 Å². The van der Waals surface area contributed by atoms with Crippen LogP contribution in [0.5, 0.6) is 0 Å². The summed E-state index contributed by atoms with van der Waals surface area (Å²) in [4.78, 5) is 39.6. The fraction of sp³-hybridized carbons (Fsp3) is 0.741. The van der Waals surface area contributed by atoms with E-state index in [0.717, 1.165) is 76.4 Å². The average Bonchev–Trinajstić information content (AvgIpc) is 3.78. The minimum Gasteiger partial charge on any atom is -0.481 e. The van der Waals surface area contributed by atoms with Crippen molar-refractivity contribution < 1.29 is 43.9 Å². The highest BCUT2D eigenvalue weighted by Crippen LogP contribution is 2.70. The molecule has 69 heavy (non-hydrogen) atoms. The molecule has 7 saturated carbocycles. The molecule has 3 unspecified atom stereocenters. The molecule has 9 rings (SSSR count). The number of rotatable bonds is 13. The molecular formula is C58H82N2O9. The van der Waals surface area contributed by atoms with Crippen LogP contribution in [0.4, 0.5) is 10.5 Å². The quantitative estimate of drug-likeness (QED) is 0.110.